The van der Waals surface area contributed by atoms with Crippen molar-refractivity contribution in [3.63, 3.8) is 0 Å². The number of aliphatic imine (C=N–C) groups is 1. The lowest BCUT2D eigenvalue weighted by Crippen LogP contribution is -2.61. The second kappa shape index (κ2) is 10.7. The van der Waals surface area contributed by atoms with Crippen molar-refractivity contribution in [1.82, 2.24) is 9.80 Å². The van der Waals surface area contributed by atoms with E-state index < -0.39 is 23.3 Å². The minimum absolute atomic E-state index is 0.212. The van der Waals surface area contributed by atoms with Crippen LogP contribution in [-0.4, -0.2) is 72.0 Å². The summed E-state index contributed by atoms with van der Waals surface area (Å²) < 4.78 is 45.3. The fraction of sp³-hybridized carbons (Fsp3) is 0.520. The van der Waals surface area contributed by atoms with Gasteiger partial charge in [-0.25, -0.2) is 0 Å². The molecule has 180 valence electrons. The summed E-state index contributed by atoms with van der Waals surface area (Å²) in [7, 11) is 0. The summed E-state index contributed by atoms with van der Waals surface area (Å²) >= 11 is 0. The molecule has 1 aromatic carbocycles. The van der Waals surface area contributed by atoms with Crippen LogP contribution in [0.1, 0.15) is 32.3 Å². The molecule has 33 heavy (non-hydrogen) atoms. The highest BCUT2D eigenvalue weighted by molar-refractivity contribution is 6.43. The van der Waals surface area contributed by atoms with Gasteiger partial charge < -0.3 is 14.5 Å². The number of piperidine rings is 1. The van der Waals surface area contributed by atoms with Gasteiger partial charge in [0, 0.05) is 38.0 Å². The molecule has 0 bridgehead atoms. The molecule has 2 aliphatic rings. The number of amides is 1. The van der Waals surface area contributed by atoms with Gasteiger partial charge in [0.25, 0.3) is 5.91 Å². The smallest absolute Gasteiger partial charge is 0.368 e. The summed E-state index contributed by atoms with van der Waals surface area (Å²) in [5, 5.41) is 0. The zero-order valence-corrected chi connectivity index (χ0v) is 19.3. The van der Waals surface area contributed by atoms with E-state index in [1.807, 2.05) is 25.1 Å². The first-order valence-corrected chi connectivity index (χ1v) is 11.3. The molecule has 1 unspecified atom stereocenters. The molecular weight excluding hydrogens is 431 g/mol. The van der Waals surface area contributed by atoms with Crippen molar-refractivity contribution in [2.45, 2.75) is 51.0 Å². The second-order valence-electron chi connectivity index (χ2n) is 8.90. The Balaban J connectivity index is 1.65. The predicted octanol–water partition coefficient (Wildman–Crippen LogP) is 4.40. The van der Waals surface area contributed by atoms with Crippen LogP contribution in [0.25, 0.3) is 0 Å². The standard InChI is InChI=1S/C25H32F3N3O2/c1-4-29-22(16-19(2)25(26,27)28)23(32)31-17-20(3)33-24(18-31)11-14-30(15-12-24)13-10-21-8-6-5-7-9-21/h4-9,16,20H,1,10-15,17-18H2,2-3H3/b19-16+,29-22+. The van der Waals surface area contributed by atoms with Gasteiger partial charge in [-0.15, -0.1) is 0 Å². The lowest BCUT2D eigenvalue weighted by molar-refractivity contribution is -0.176. The zero-order chi connectivity index (χ0) is 24.1. The van der Waals surface area contributed by atoms with Crippen molar-refractivity contribution in [3.05, 3.63) is 60.3 Å². The maximum atomic E-state index is 13.1. The van der Waals surface area contributed by atoms with E-state index in [2.05, 4.69) is 28.6 Å². The molecule has 2 fully saturated rings. The van der Waals surface area contributed by atoms with Gasteiger partial charge in [0.2, 0.25) is 0 Å². The maximum absolute atomic E-state index is 13.1. The Morgan fingerprint density at radius 1 is 1.27 bits per heavy atom. The summed E-state index contributed by atoms with van der Waals surface area (Å²) in [6.45, 7) is 9.58. The van der Waals surface area contributed by atoms with Crippen LogP contribution in [0.3, 0.4) is 0 Å². The summed E-state index contributed by atoms with van der Waals surface area (Å²) in [5.74, 6) is -0.528. The van der Waals surface area contributed by atoms with Crippen LogP contribution in [0.15, 0.2) is 59.8 Å². The van der Waals surface area contributed by atoms with Gasteiger partial charge in [-0.3, -0.25) is 9.79 Å². The maximum Gasteiger partial charge on any atom is 0.412 e. The molecule has 2 saturated heterocycles. The molecule has 3 rings (SSSR count). The van der Waals surface area contributed by atoms with Crippen LogP contribution >= 0.6 is 0 Å². The monoisotopic (exact) mass is 463 g/mol. The molecule has 1 amide bonds. The number of ether oxygens (including phenoxy) is 1. The SMILES string of the molecule is C=C/N=C(\C=C(/C)C(F)(F)F)C(=O)N1CC(C)OC2(CCN(CCc3ccccc3)CC2)C1. The summed E-state index contributed by atoms with van der Waals surface area (Å²) in [6, 6.07) is 10.3. The average molecular weight is 464 g/mol. The number of nitrogens with zero attached hydrogens (tertiary/aromatic N) is 3. The Labute approximate surface area is 193 Å². The molecule has 5 nitrogen and oxygen atoms in total. The molecule has 0 aromatic heterocycles. The first-order chi connectivity index (χ1) is 15.6. The topological polar surface area (TPSA) is 45.1 Å². The van der Waals surface area contributed by atoms with E-state index in [0.29, 0.717) is 13.1 Å². The number of allylic oxidation sites excluding steroid dienone is 1. The van der Waals surface area contributed by atoms with E-state index >= 15 is 0 Å². The first-order valence-electron chi connectivity index (χ1n) is 11.3. The number of halogens is 3. The summed E-state index contributed by atoms with van der Waals surface area (Å²) in [4.78, 5) is 20.9. The Morgan fingerprint density at radius 2 is 1.94 bits per heavy atom. The van der Waals surface area contributed by atoms with Gasteiger partial charge in [0.15, 0.2) is 0 Å². The molecule has 1 spiro atoms. The van der Waals surface area contributed by atoms with Gasteiger partial charge >= 0.3 is 6.18 Å². The fourth-order valence-corrected chi connectivity index (χ4v) is 4.47. The number of likely N-dealkylation sites (tertiary alicyclic amines) is 1. The van der Waals surface area contributed by atoms with E-state index in [-0.39, 0.29) is 11.8 Å². The highest BCUT2D eigenvalue weighted by atomic mass is 19.4. The number of carbonyl (C=O) groups excluding carboxylic acids is 1. The van der Waals surface area contributed by atoms with E-state index in [9.17, 15) is 18.0 Å². The van der Waals surface area contributed by atoms with Crippen LogP contribution in [0.4, 0.5) is 13.2 Å². The van der Waals surface area contributed by atoms with E-state index in [4.69, 9.17) is 4.74 Å². The van der Waals surface area contributed by atoms with Gasteiger partial charge in [0.05, 0.1) is 18.2 Å². The van der Waals surface area contributed by atoms with E-state index in [1.54, 1.807) is 4.90 Å². The van der Waals surface area contributed by atoms with Crippen molar-refractivity contribution < 1.29 is 22.7 Å². The number of carbonyl (C=O) groups is 1. The van der Waals surface area contributed by atoms with Crippen LogP contribution in [-0.2, 0) is 16.0 Å². The molecular formula is C25H32F3N3O2. The Hall–Kier alpha value is -2.45. The quantitative estimate of drug-likeness (QED) is 0.588. The minimum Gasteiger partial charge on any atom is -0.368 e. The number of hydrogen-bond acceptors (Lipinski definition) is 4. The Bertz CT molecular complexity index is 888. The number of hydrogen-bond donors (Lipinski definition) is 0. The Morgan fingerprint density at radius 3 is 2.55 bits per heavy atom. The molecule has 1 atom stereocenters. The third-order valence-electron chi connectivity index (χ3n) is 6.27. The molecule has 0 radical (unpaired) electrons. The molecule has 0 N–H and O–H groups in total. The fourth-order valence-electron chi connectivity index (χ4n) is 4.47. The molecule has 0 saturated carbocycles. The number of morpholine rings is 1. The highest BCUT2D eigenvalue weighted by Gasteiger charge is 2.43. The summed E-state index contributed by atoms with van der Waals surface area (Å²) in [5.41, 5.74) is -0.324. The minimum atomic E-state index is -4.52. The van der Waals surface area contributed by atoms with Crippen molar-refractivity contribution in [3.8, 4) is 0 Å². The number of benzene rings is 1. The van der Waals surface area contributed by atoms with Crippen molar-refractivity contribution in [2.24, 2.45) is 4.99 Å². The molecule has 8 heteroatoms. The van der Waals surface area contributed by atoms with Crippen molar-refractivity contribution >= 4 is 11.6 Å². The third kappa shape index (κ3) is 6.77. The van der Waals surface area contributed by atoms with Gasteiger partial charge in [0.1, 0.15) is 5.71 Å². The van der Waals surface area contributed by atoms with Gasteiger partial charge in [-0.2, -0.15) is 13.2 Å². The molecule has 2 aliphatic heterocycles. The van der Waals surface area contributed by atoms with Gasteiger partial charge in [-0.1, -0.05) is 36.9 Å². The first kappa shape index (κ1) is 25.2. The average Bonchev–Trinajstić information content (AvgIpc) is 2.77. The molecule has 2 heterocycles. The zero-order valence-electron chi connectivity index (χ0n) is 19.3. The highest BCUT2D eigenvalue weighted by Crippen LogP contribution is 2.33. The van der Waals surface area contributed by atoms with Gasteiger partial charge in [-0.05, 0) is 44.7 Å². The van der Waals surface area contributed by atoms with Crippen molar-refractivity contribution in [2.75, 3.05) is 32.7 Å². The largest absolute Gasteiger partial charge is 0.412 e. The van der Waals surface area contributed by atoms with Crippen molar-refractivity contribution in [1.29, 1.82) is 0 Å². The molecule has 1 aromatic rings. The van der Waals surface area contributed by atoms with E-state index in [0.717, 1.165) is 58.1 Å². The normalized spacial score (nSPS) is 22.5. The van der Waals surface area contributed by atoms with E-state index in [1.165, 1.54) is 5.56 Å². The lowest BCUT2D eigenvalue weighted by atomic mass is 9.88. The number of rotatable bonds is 6. The van der Waals surface area contributed by atoms with Crippen LogP contribution in [0.5, 0.6) is 0 Å². The van der Waals surface area contributed by atoms with Crippen LogP contribution < -0.4 is 0 Å². The van der Waals surface area contributed by atoms with Crippen LogP contribution in [0, 0.1) is 0 Å². The number of alkyl halides is 3. The molecule has 0 aliphatic carbocycles. The van der Waals surface area contributed by atoms with Crippen LogP contribution in [0.2, 0.25) is 0 Å². The third-order valence-corrected chi connectivity index (χ3v) is 6.27. The Kier molecular flexibility index (Phi) is 8.13. The lowest BCUT2D eigenvalue weighted by Gasteiger charge is -2.49. The second-order valence-corrected chi connectivity index (χ2v) is 8.90. The summed E-state index contributed by atoms with van der Waals surface area (Å²) in [6.07, 6.45) is -0.337. The predicted molar refractivity (Wildman–Crippen MR) is 123 cm³/mol.